The van der Waals surface area contributed by atoms with Crippen molar-refractivity contribution in [2.75, 3.05) is 27.2 Å². The van der Waals surface area contributed by atoms with E-state index in [1.165, 1.54) is 54.7 Å². The Morgan fingerprint density at radius 3 is 2.28 bits per heavy atom. The van der Waals surface area contributed by atoms with Crippen molar-refractivity contribution in [3.63, 3.8) is 0 Å². The number of aromatic nitrogens is 2. The van der Waals surface area contributed by atoms with Crippen molar-refractivity contribution in [2.24, 2.45) is 13.0 Å². The SMILES string of the molecule is Cc1c(CN2CCC(Cc3ccc(CN(C)C)cc3)CC2)cnn1C. The van der Waals surface area contributed by atoms with E-state index in [-0.39, 0.29) is 0 Å². The maximum Gasteiger partial charge on any atom is 0.0537 e. The monoisotopic (exact) mass is 340 g/mol. The predicted octanol–water partition coefficient (Wildman–Crippen LogP) is 3.24. The first-order valence-corrected chi connectivity index (χ1v) is 9.43. The summed E-state index contributed by atoms with van der Waals surface area (Å²) in [5, 5.41) is 4.36. The van der Waals surface area contributed by atoms with Crippen LogP contribution >= 0.6 is 0 Å². The zero-order valence-electron chi connectivity index (χ0n) is 16.2. The summed E-state index contributed by atoms with van der Waals surface area (Å²) in [4.78, 5) is 4.80. The topological polar surface area (TPSA) is 24.3 Å². The molecule has 0 radical (unpaired) electrons. The Kier molecular flexibility index (Phi) is 5.92. The molecule has 1 fully saturated rings. The normalized spacial score (nSPS) is 16.7. The Labute approximate surface area is 152 Å². The number of piperidine rings is 1. The fourth-order valence-corrected chi connectivity index (χ4v) is 3.77. The average molecular weight is 341 g/mol. The van der Waals surface area contributed by atoms with E-state index in [0.29, 0.717) is 0 Å². The highest BCUT2D eigenvalue weighted by molar-refractivity contribution is 5.23. The molecule has 0 amide bonds. The molecule has 0 aliphatic carbocycles. The quantitative estimate of drug-likeness (QED) is 0.807. The first kappa shape index (κ1) is 18.2. The molecule has 0 bridgehead atoms. The molecular weight excluding hydrogens is 308 g/mol. The summed E-state index contributed by atoms with van der Waals surface area (Å²) < 4.78 is 1.97. The van der Waals surface area contributed by atoms with Gasteiger partial charge in [0.15, 0.2) is 0 Å². The minimum atomic E-state index is 0.825. The van der Waals surface area contributed by atoms with E-state index >= 15 is 0 Å². The predicted molar refractivity (Wildman–Crippen MR) is 103 cm³/mol. The van der Waals surface area contributed by atoms with E-state index in [1.807, 2.05) is 17.9 Å². The number of hydrogen-bond donors (Lipinski definition) is 0. The van der Waals surface area contributed by atoms with Gasteiger partial charge in [0, 0.05) is 31.4 Å². The molecule has 0 N–H and O–H groups in total. The van der Waals surface area contributed by atoms with Crippen molar-refractivity contribution in [1.29, 1.82) is 0 Å². The molecule has 3 rings (SSSR count). The zero-order chi connectivity index (χ0) is 17.8. The summed E-state index contributed by atoms with van der Waals surface area (Å²) >= 11 is 0. The van der Waals surface area contributed by atoms with E-state index < -0.39 is 0 Å². The zero-order valence-corrected chi connectivity index (χ0v) is 16.2. The van der Waals surface area contributed by atoms with Gasteiger partial charge < -0.3 is 4.90 Å². The second-order valence-corrected chi connectivity index (χ2v) is 7.86. The Morgan fingerprint density at radius 1 is 1.08 bits per heavy atom. The molecule has 1 aliphatic rings. The van der Waals surface area contributed by atoms with Gasteiger partial charge in [0.2, 0.25) is 0 Å². The molecule has 1 aliphatic heterocycles. The van der Waals surface area contributed by atoms with Crippen LogP contribution in [-0.2, 0) is 26.6 Å². The first-order valence-electron chi connectivity index (χ1n) is 9.43. The van der Waals surface area contributed by atoms with Gasteiger partial charge >= 0.3 is 0 Å². The second-order valence-electron chi connectivity index (χ2n) is 7.86. The van der Waals surface area contributed by atoms with Gasteiger partial charge in [-0.25, -0.2) is 0 Å². The number of nitrogens with zero attached hydrogens (tertiary/aromatic N) is 4. The van der Waals surface area contributed by atoms with Gasteiger partial charge in [-0.05, 0) is 70.4 Å². The molecule has 1 saturated heterocycles. The molecule has 25 heavy (non-hydrogen) atoms. The molecule has 4 heteroatoms. The number of hydrogen-bond acceptors (Lipinski definition) is 3. The Hall–Kier alpha value is -1.65. The van der Waals surface area contributed by atoms with Gasteiger partial charge in [0.1, 0.15) is 0 Å². The van der Waals surface area contributed by atoms with Crippen LogP contribution in [0.5, 0.6) is 0 Å². The summed E-state index contributed by atoms with van der Waals surface area (Å²) in [7, 11) is 6.26. The van der Waals surface area contributed by atoms with Crippen LogP contribution in [0.2, 0.25) is 0 Å². The number of aryl methyl sites for hydroxylation is 1. The third-order valence-corrected chi connectivity index (χ3v) is 5.48. The molecular formula is C21H32N4. The van der Waals surface area contributed by atoms with Crippen LogP contribution < -0.4 is 0 Å². The first-order chi connectivity index (χ1) is 12.0. The maximum atomic E-state index is 4.36. The third-order valence-electron chi connectivity index (χ3n) is 5.48. The standard InChI is InChI=1S/C21H32N4/c1-17-21(14-22-24(17)4)16-25-11-9-19(10-12-25)13-18-5-7-20(8-6-18)15-23(2)3/h5-8,14,19H,9-13,15-16H2,1-4H3. The van der Waals surface area contributed by atoms with Gasteiger partial charge in [0.25, 0.3) is 0 Å². The van der Waals surface area contributed by atoms with Crippen LogP contribution in [0.1, 0.15) is 35.2 Å². The van der Waals surface area contributed by atoms with E-state index in [9.17, 15) is 0 Å². The van der Waals surface area contributed by atoms with Crippen molar-refractivity contribution in [3.05, 3.63) is 52.8 Å². The van der Waals surface area contributed by atoms with Gasteiger partial charge in [0.05, 0.1) is 6.20 Å². The Bertz CT molecular complexity index is 664. The summed E-state index contributed by atoms with van der Waals surface area (Å²) in [6, 6.07) is 9.22. The van der Waals surface area contributed by atoms with Crippen LogP contribution in [-0.4, -0.2) is 46.8 Å². The average Bonchev–Trinajstić information content (AvgIpc) is 2.90. The maximum absolute atomic E-state index is 4.36. The van der Waals surface area contributed by atoms with E-state index in [0.717, 1.165) is 19.0 Å². The van der Waals surface area contributed by atoms with Crippen molar-refractivity contribution in [1.82, 2.24) is 19.6 Å². The number of likely N-dealkylation sites (tertiary alicyclic amines) is 1. The van der Waals surface area contributed by atoms with E-state index in [4.69, 9.17) is 0 Å². The van der Waals surface area contributed by atoms with E-state index in [1.54, 1.807) is 0 Å². The van der Waals surface area contributed by atoms with Gasteiger partial charge in [-0.2, -0.15) is 5.10 Å². The third kappa shape index (κ3) is 4.93. The van der Waals surface area contributed by atoms with Gasteiger partial charge in [-0.1, -0.05) is 24.3 Å². The van der Waals surface area contributed by atoms with Crippen molar-refractivity contribution < 1.29 is 0 Å². The van der Waals surface area contributed by atoms with Crippen molar-refractivity contribution in [3.8, 4) is 0 Å². The minimum Gasteiger partial charge on any atom is -0.305 e. The highest BCUT2D eigenvalue weighted by Crippen LogP contribution is 2.23. The molecule has 136 valence electrons. The molecule has 0 atom stereocenters. The lowest BCUT2D eigenvalue weighted by molar-refractivity contribution is 0.176. The molecule has 1 aromatic carbocycles. The van der Waals surface area contributed by atoms with Crippen LogP contribution in [0, 0.1) is 12.8 Å². The van der Waals surface area contributed by atoms with E-state index in [2.05, 4.69) is 60.2 Å². The molecule has 2 aromatic rings. The lowest BCUT2D eigenvalue weighted by Crippen LogP contribution is -2.34. The van der Waals surface area contributed by atoms with Crippen LogP contribution in [0.4, 0.5) is 0 Å². The fraction of sp³-hybridized carbons (Fsp3) is 0.571. The largest absolute Gasteiger partial charge is 0.305 e. The second kappa shape index (κ2) is 8.15. The molecule has 1 aromatic heterocycles. The Balaban J connectivity index is 1.47. The molecule has 0 unspecified atom stereocenters. The summed E-state index contributed by atoms with van der Waals surface area (Å²) in [5.74, 6) is 0.825. The van der Waals surface area contributed by atoms with Gasteiger partial charge in [-0.15, -0.1) is 0 Å². The fourth-order valence-electron chi connectivity index (χ4n) is 3.77. The Morgan fingerprint density at radius 2 is 1.72 bits per heavy atom. The summed E-state index contributed by atoms with van der Waals surface area (Å²) in [6.45, 7) is 6.64. The van der Waals surface area contributed by atoms with Crippen LogP contribution in [0.15, 0.2) is 30.5 Å². The highest BCUT2D eigenvalue weighted by atomic mass is 15.3. The number of benzene rings is 1. The van der Waals surface area contributed by atoms with Gasteiger partial charge in [-0.3, -0.25) is 9.58 Å². The molecule has 4 nitrogen and oxygen atoms in total. The smallest absolute Gasteiger partial charge is 0.0537 e. The van der Waals surface area contributed by atoms with Crippen molar-refractivity contribution >= 4 is 0 Å². The lowest BCUT2D eigenvalue weighted by Gasteiger charge is -2.32. The lowest BCUT2D eigenvalue weighted by atomic mass is 9.90. The van der Waals surface area contributed by atoms with Crippen LogP contribution in [0.25, 0.3) is 0 Å². The molecule has 0 saturated carbocycles. The summed E-state index contributed by atoms with van der Waals surface area (Å²) in [5.41, 5.74) is 5.55. The number of rotatable bonds is 6. The molecule has 2 heterocycles. The summed E-state index contributed by atoms with van der Waals surface area (Å²) in [6.07, 6.45) is 5.86. The minimum absolute atomic E-state index is 0.825. The van der Waals surface area contributed by atoms with Crippen molar-refractivity contribution in [2.45, 2.75) is 39.3 Å². The highest BCUT2D eigenvalue weighted by Gasteiger charge is 2.20. The molecule has 0 spiro atoms. The van der Waals surface area contributed by atoms with Crippen LogP contribution in [0.3, 0.4) is 0 Å².